The molecule has 0 saturated carbocycles. The van der Waals surface area contributed by atoms with Gasteiger partial charge in [-0.25, -0.2) is 9.37 Å². The monoisotopic (exact) mass is 237 g/mol. The summed E-state index contributed by atoms with van der Waals surface area (Å²) >= 11 is 1.61. The fourth-order valence-electron chi connectivity index (χ4n) is 1.33. The minimum absolute atomic E-state index is 0.0875. The van der Waals surface area contributed by atoms with Gasteiger partial charge in [0.15, 0.2) is 0 Å². The molecular weight excluding hydrogens is 225 g/mol. The molecule has 2 rings (SSSR count). The van der Waals surface area contributed by atoms with E-state index >= 15 is 0 Å². The molecule has 0 radical (unpaired) electrons. The van der Waals surface area contributed by atoms with Crippen molar-refractivity contribution in [2.24, 2.45) is 0 Å². The minimum Gasteiger partial charge on any atom is -0.302 e. The van der Waals surface area contributed by atoms with Crippen LogP contribution in [0.4, 0.5) is 4.39 Å². The Hall–Kier alpha value is -1.33. The summed E-state index contributed by atoms with van der Waals surface area (Å²) in [5.74, 6) is -0.309. The van der Waals surface area contributed by atoms with Gasteiger partial charge in [-0.05, 0) is 19.1 Å². The van der Waals surface area contributed by atoms with Crippen LogP contribution in [-0.4, -0.2) is 9.97 Å². The number of hydrogen-bond donors (Lipinski definition) is 1. The predicted molar refractivity (Wildman–Crippen MR) is 61.6 cm³/mol. The molecule has 84 valence electrons. The Morgan fingerprint density at radius 2 is 2.31 bits per heavy atom. The molecule has 0 aliphatic heterocycles. The van der Waals surface area contributed by atoms with Gasteiger partial charge >= 0.3 is 0 Å². The van der Waals surface area contributed by atoms with Crippen molar-refractivity contribution in [3.8, 4) is 0 Å². The zero-order valence-corrected chi connectivity index (χ0v) is 9.67. The van der Waals surface area contributed by atoms with Crippen LogP contribution < -0.4 is 5.32 Å². The smallest absolute Gasteiger partial charge is 0.141 e. The average Bonchev–Trinajstić information content (AvgIpc) is 2.80. The van der Waals surface area contributed by atoms with Crippen molar-refractivity contribution in [2.45, 2.75) is 19.5 Å². The van der Waals surface area contributed by atoms with Gasteiger partial charge in [-0.3, -0.25) is 4.98 Å². The van der Waals surface area contributed by atoms with E-state index in [9.17, 15) is 4.39 Å². The van der Waals surface area contributed by atoms with E-state index in [1.54, 1.807) is 23.6 Å². The summed E-state index contributed by atoms with van der Waals surface area (Å²) in [6.07, 6.45) is 3.01. The van der Waals surface area contributed by atoms with Crippen molar-refractivity contribution in [3.63, 3.8) is 0 Å². The lowest BCUT2D eigenvalue weighted by Gasteiger charge is -2.11. The molecule has 0 aliphatic carbocycles. The van der Waals surface area contributed by atoms with Crippen molar-refractivity contribution >= 4 is 11.3 Å². The van der Waals surface area contributed by atoms with Crippen molar-refractivity contribution in [3.05, 3.63) is 46.4 Å². The van der Waals surface area contributed by atoms with E-state index < -0.39 is 0 Å². The maximum atomic E-state index is 12.7. The topological polar surface area (TPSA) is 37.8 Å². The molecule has 0 aromatic carbocycles. The number of nitrogens with one attached hydrogen (secondary N) is 1. The molecule has 2 aromatic heterocycles. The second kappa shape index (κ2) is 5.14. The van der Waals surface area contributed by atoms with Crippen LogP contribution in [0.5, 0.6) is 0 Å². The molecule has 1 N–H and O–H groups in total. The van der Waals surface area contributed by atoms with Crippen LogP contribution in [0.2, 0.25) is 0 Å². The number of aromatic nitrogens is 2. The highest BCUT2D eigenvalue weighted by Crippen LogP contribution is 2.11. The lowest BCUT2D eigenvalue weighted by Crippen LogP contribution is -2.18. The van der Waals surface area contributed by atoms with Crippen LogP contribution in [0.25, 0.3) is 0 Å². The summed E-state index contributed by atoms with van der Waals surface area (Å²) in [6, 6.07) is 3.20. The Bertz CT molecular complexity index is 427. The maximum absolute atomic E-state index is 12.7. The van der Waals surface area contributed by atoms with Gasteiger partial charge in [0.1, 0.15) is 10.8 Å². The van der Waals surface area contributed by atoms with E-state index in [4.69, 9.17) is 0 Å². The molecular formula is C11H12FN3S. The number of thiazole rings is 1. The van der Waals surface area contributed by atoms with E-state index in [0.29, 0.717) is 6.54 Å². The molecule has 16 heavy (non-hydrogen) atoms. The highest BCUT2D eigenvalue weighted by atomic mass is 32.1. The molecule has 0 fully saturated rings. The summed E-state index contributed by atoms with van der Waals surface area (Å²) in [6.45, 7) is 2.70. The van der Waals surface area contributed by atoms with Crippen LogP contribution >= 0.6 is 11.3 Å². The Labute approximate surface area is 97.4 Å². The lowest BCUT2D eigenvalue weighted by atomic mass is 10.2. The summed E-state index contributed by atoms with van der Waals surface area (Å²) in [5, 5.41) is 6.26. The first-order valence-electron chi connectivity index (χ1n) is 4.99. The highest BCUT2D eigenvalue weighted by molar-refractivity contribution is 7.09. The molecule has 0 aliphatic rings. The van der Waals surface area contributed by atoms with Crippen LogP contribution in [0.3, 0.4) is 0 Å². The summed E-state index contributed by atoms with van der Waals surface area (Å²) in [7, 11) is 0. The van der Waals surface area contributed by atoms with Gasteiger partial charge in [0, 0.05) is 24.2 Å². The van der Waals surface area contributed by atoms with Gasteiger partial charge in [-0.2, -0.15) is 0 Å². The zero-order valence-electron chi connectivity index (χ0n) is 8.85. The third kappa shape index (κ3) is 2.84. The Kier molecular flexibility index (Phi) is 3.58. The maximum Gasteiger partial charge on any atom is 0.141 e. The van der Waals surface area contributed by atoms with E-state index in [2.05, 4.69) is 15.3 Å². The molecule has 0 amide bonds. The SMILES string of the molecule is CC(NCc1nccs1)c1ccc(F)cn1. The van der Waals surface area contributed by atoms with Crippen LogP contribution in [0.1, 0.15) is 23.7 Å². The Balaban J connectivity index is 1.93. The molecule has 5 heteroatoms. The first-order valence-corrected chi connectivity index (χ1v) is 5.87. The fourth-order valence-corrected chi connectivity index (χ4v) is 1.90. The molecule has 0 saturated heterocycles. The van der Waals surface area contributed by atoms with Gasteiger partial charge in [0.2, 0.25) is 0 Å². The number of hydrogen-bond acceptors (Lipinski definition) is 4. The minimum atomic E-state index is -0.309. The number of nitrogens with zero attached hydrogens (tertiary/aromatic N) is 2. The second-order valence-corrected chi connectivity index (χ2v) is 4.41. The Morgan fingerprint density at radius 3 is 2.94 bits per heavy atom. The molecule has 2 aromatic rings. The molecule has 3 nitrogen and oxygen atoms in total. The van der Waals surface area contributed by atoms with E-state index in [-0.39, 0.29) is 11.9 Å². The average molecular weight is 237 g/mol. The molecule has 1 unspecified atom stereocenters. The molecule has 0 spiro atoms. The lowest BCUT2D eigenvalue weighted by molar-refractivity contribution is 0.553. The molecule has 0 bridgehead atoms. The van der Waals surface area contributed by atoms with E-state index in [1.165, 1.54) is 12.3 Å². The summed E-state index contributed by atoms with van der Waals surface area (Å²) in [4.78, 5) is 8.20. The number of pyridine rings is 1. The van der Waals surface area contributed by atoms with Crippen molar-refractivity contribution in [1.29, 1.82) is 0 Å². The van der Waals surface area contributed by atoms with Crippen LogP contribution in [-0.2, 0) is 6.54 Å². The molecule has 1 atom stereocenters. The van der Waals surface area contributed by atoms with Gasteiger partial charge in [-0.15, -0.1) is 11.3 Å². The summed E-state index contributed by atoms with van der Waals surface area (Å²) < 4.78 is 12.7. The zero-order chi connectivity index (χ0) is 11.4. The van der Waals surface area contributed by atoms with Gasteiger partial charge < -0.3 is 5.32 Å². The standard InChI is InChI=1S/C11H12FN3S/c1-8(10-3-2-9(12)6-15-10)14-7-11-13-4-5-16-11/h2-6,8,14H,7H2,1H3. The normalized spacial score (nSPS) is 12.6. The third-order valence-corrected chi connectivity index (χ3v) is 3.02. The second-order valence-electron chi connectivity index (χ2n) is 3.43. The van der Waals surface area contributed by atoms with Crippen molar-refractivity contribution in [1.82, 2.24) is 15.3 Å². The van der Waals surface area contributed by atoms with Gasteiger partial charge in [0.05, 0.1) is 11.9 Å². The number of rotatable bonds is 4. The third-order valence-electron chi connectivity index (χ3n) is 2.24. The van der Waals surface area contributed by atoms with E-state index in [0.717, 1.165) is 10.7 Å². The van der Waals surface area contributed by atoms with Gasteiger partial charge in [0.25, 0.3) is 0 Å². The van der Waals surface area contributed by atoms with Crippen molar-refractivity contribution < 1.29 is 4.39 Å². The van der Waals surface area contributed by atoms with Crippen molar-refractivity contribution in [2.75, 3.05) is 0 Å². The molecule has 2 heterocycles. The van der Waals surface area contributed by atoms with Crippen LogP contribution in [0, 0.1) is 5.82 Å². The van der Waals surface area contributed by atoms with E-state index in [1.807, 2.05) is 12.3 Å². The quantitative estimate of drug-likeness (QED) is 0.888. The fraction of sp³-hybridized carbons (Fsp3) is 0.273. The van der Waals surface area contributed by atoms with Crippen LogP contribution in [0.15, 0.2) is 29.9 Å². The largest absolute Gasteiger partial charge is 0.302 e. The Morgan fingerprint density at radius 1 is 1.44 bits per heavy atom. The first kappa shape index (κ1) is 11.2. The number of halogens is 1. The highest BCUT2D eigenvalue weighted by Gasteiger charge is 2.06. The van der Waals surface area contributed by atoms with Gasteiger partial charge in [-0.1, -0.05) is 0 Å². The first-order chi connectivity index (χ1) is 7.75. The summed E-state index contributed by atoms with van der Waals surface area (Å²) in [5.41, 5.74) is 0.831. The predicted octanol–water partition coefficient (Wildman–Crippen LogP) is 2.53.